The number of Topliss-reactive ketones (excluding diaryl/α,β-unsaturated/α-hetero) is 1. The van der Waals surface area contributed by atoms with Gasteiger partial charge in [-0.05, 0) is 12.8 Å². The van der Waals surface area contributed by atoms with Gasteiger partial charge in [-0.2, -0.15) is 0 Å². The van der Waals surface area contributed by atoms with Gasteiger partial charge in [-0.25, -0.2) is 13.4 Å². The molecule has 0 aliphatic carbocycles. The lowest BCUT2D eigenvalue weighted by Crippen LogP contribution is -2.33. The summed E-state index contributed by atoms with van der Waals surface area (Å²) in [6.45, 7) is 1.85. The van der Waals surface area contributed by atoms with Crippen LogP contribution in [0, 0.1) is 0 Å². The van der Waals surface area contributed by atoms with E-state index >= 15 is 0 Å². The second kappa shape index (κ2) is 10.9. The average Bonchev–Trinajstić information content (AvgIpc) is 3.16. The first-order valence-corrected chi connectivity index (χ1v) is 11.8. The number of amides is 1. The lowest BCUT2D eigenvalue weighted by Gasteiger charge is -2.15. The summed E-state index contributed by atoms with van der Waals surface area (Å²) in [5, 5.41) is 2.72. The molecule has 29 heavy (non-hydrogen) atoms. The third kappa shape index (κ3) is 8.19. The normalized spacial score (nSPS) is 12.5. The third-order valence-corrected chi connectivity index (χ3v) is 5.24. The van der Waals surface area contributed by atoms with Crippen molar-refractivity contribution in [3.63, 3.8) is 0 Å². The van der Waals surface area contributed by atoms with E-state index in [0.717, 1.165) is 31.1 Å². The van der Waals surface area contributed by atoms with Crippen molar-refractivity contribution in [3.8, 4) is 11.3 Å². The Morgan fingerprint density at radius 1 is 1.14 bits per heavy atom. The number of carbonyl (C=O) groups excluding carboxylic acids is 2. The lowest BCUT2D eigenvalue weighted by molar-refractivity contribution is -0.120. The molecule has 1 amide bonds. The number of ketones is 1. The van der Waals surface area contributed by atoms with Crippen molar-refractivity contribution >= 4 is 21.5 Å². The number of oxazole rings is 1. The van der Waals surface area contributed by atoms with E-state index in [0.29, 0.717) is 30.9 Å². The molecule has 1 unspecified atom stereocenters. The largest absolute Gasteiger partial charge is 0.438 e. The summed E-state index contributed by atoms with van der Waals surface area (Å²) in [6.07, 6.45) is 6.63. The van der Waals surface area contributed by atoms with Gasteiger partial charge in [-0.3, -0.25) is 9.59 Å². The fraction of sp³-hybridized carbons (Fsp3) is 0.476. The fourth-order valence-electron chi connectivity index (χ4n) is 2.94. The van der Waals surface area contributed by atoms with Gasteiger partial charge < -0.3 is 9.73 Å². The van der Waals surface area contributed by atoms with Crippen LogP contribution in [0.1, 0.15) is 57.4 Å². The Morgan fingerprint density at radius 3 is 2.52 bits per heavy atom. The molecule has 7 nitrogen and oxygen atoms in total. The van der Waals surface area contributed by atoms with Crippen molar-refractivity contribution in [2.45, 2.75) is 51.5 Å². The molecule has 158 valence electrons. The van der Waals surface area contributed by atoms with E-state index < -0.39 is 27.5 Å². The van der Waals surface area contributed by atoms with E-state index in [4.69, 9.17) is 4.42 Å². The zero-order valence-corrected chi connectivity index (χ0v) is 17.7. The standard InChI is InChI=1S/C21H28N2O5S/c1-3-17(24)12-8-5-9-13-18(23-20(25)15-29(2,26)27)21-22-14-19(28-21)16-10-6-4-7-11-16/h4,6-7,10-11,14,18H,3,5,8-9,12-13,15H2,1-2H3,(H,23,25). The molecule has 1 N–H and O–H groups in total. The summed E-state index contributed by atoms with van der Waals surface area (Å²) in [6, 6.07) is 8.95. The summed E-state index contributed by atoms with van der Waals surface area (Å²) in [5.41, 5.74) is 0.866. The molecule has 0 saturated carbocycles. The lowest BCUT2D eigenvalue weighted by atomic mass is 10.0. The molecule has 0 bridgehead atoms. The van der Waals surface area contributed by atoms with Crippen molar-refractivity contribution in [2.24, 2.45) is 0 Å². The number of rotatable bonds is 12. The fourth-order valence-corrected chi connectivity index (χ4v) is 3.50. The number of sulfone groups is 1. The van der Waals surface area contributed by atoms with Crippen LogP contribution in [0.15, 0.2) is 40.9 Å². The van der Waals surface area contributed by atoms with Gasteiger partial charge in [-0.1, -0.05) is 50.1 Å². The van der Waals surface area contributed by atoms with E-state index in [2.05, 4.69) is 10.3 Å². The van der Waals surface area contributed by atoms with Crippen LogP contribution >= 0.6 is 0 Å². The number of aromatic nitrogens is 1. The van der Waals surface area contributed by atoms with Gasteiger partial charge in [0.1, 0.15) is 17.6 Å². The van der Waals surface area contributed by atoms with Gasteiger partial charge in [0.25, 0.3) is 0 Å². The quantitative estimate of drug-likeness (QED) is 0.527. The molecule has 0 fully saturated rings. The smallest absolute Gasteiger partial charge is 0.235 e. The Labute approximate surface area is 171 Å². The average molecular weight is 421 g/mol. The van der Waals surface area contributed by atoms with Crippen molar-refractivity contribution in [3.05, 3.63) is 42.4 Å². The molecule has 2 rings (SSSR count). The van der Waals surface area contributed by atoms with Crippen molar-refractivity contribution in [2.75, 3.05) is 12.0 Å². The predicted octanol–water partition coefficient (Wildman–Crippen LogP) is 3.47. The number of unbranched alkanes of at least 4 members (excludes halogenated alkanes) is 2. The maximum Gasteiger partial charge on any atom is 0.235 e. The van der Waals surface area contributed by atoms with Crippen LogP contribution in [-0.4, -0.2) is 37.1 Å². The van der Waals surface area contributed by atoms with E-state index in [-0.39, 0.29) is 5.78 Å². The van der Waals surface area contributed by atoms with E-state index in [9.17, 15) is 18.0 Å². The Kier molecular flexibility index (Phi) is 8.57. The van der Waals surface area contributed by atoms with Crippen molar-refractivity contribution in [1.29, 1.82) is 0 Å². The van der Waals surface area contributed by atoms with Crippen LogP contribution in [-0.2, 0) is 19.4 Å². The summed E-state index contributed by atoms with van der Waals surface area (Å²) < 4.78 is 28.7. The summed E-state index contributed by atoms with van der Waals surface area (Å²) in [4.78, 5) is 27.8. The number of nitrogens with zero attached hydrogens (tertiary/aromatic N) is 1. The molecule has 0 radical (unpaired) electrons. The van der Waals surface area contributed by atoms with E-state index in [1.165, 1.54) is 0 Å². The molecule has 1 aromatic heterocycles. The van der Waals surface area contributed by atoms with Crippen LogP contribution in [0.25, 0.3) is 11.3 Å². The molecule has 0 aliphatic heterocycles. The van der Waals surface area contributed by atoms with Gasteiger partial charge in [0.05, 0.1) is 6.20 Å². The Bertz CT molecular complexity index is 906. The molecule has 1 aromatic carbocycles. The highest BCUT2D eigenvalue weighted by molar-refractivity contribution is 7.91. The molecule has 8 heteroatoms. The van der Waals surface area contributed by atoms with Crippen LogP contribution < -0.4 is 5.32 Å². The SMILES string of the molecule is CCC(=O)CCCCCC(NC(=O)CS(C)(=O)=O)c1ncc(-c2ccccc2)o1. The Balaban J connectivity index is 2.04. The topological polar surface area (TPSA) is 106 Å². The van der Waals surface area contributed by atoms with Crippen LogP contribution in [0.3, 0.4) is 0 Å². The first kappa shape index (κ1) is 22.8. The molecule has 0 aliphatic rings. The first-order chi connectivity index (χ1) is 13.8. The van der Waals surface area contributed by atoms with E-state index in [1.54, 1.807) is 6.20 Å². The molecular weight excluding hydrogens is 392 g/mol. The van der Waals surface area contributed by atoms with Crippen molar-refractivity contribution < 1.29 is 22.4 Å². The highest BCUT2D eigenvalue weighted by Crippen LogP contribution is 2.25. The summed E-state index contributed by atoms with van der Waals surface area (Å²) >= 11 is 0. The molecule has 0 saturated heterocycles. The number of carbonyl (C=O) groups is 2. The third-order valence-electron chi connectivity index (χ3n) is 4.45. The summed E-state index contributed by atoms with van der Waals surface area (Å²) in [7, 11) is -3.43. The van der Waals surface area contributed by atoms with Crippen LogP contribution in [0.2, 0.25) is 0 Å². The minimum absolute atomic E-state index is 0.239. The van der Waals surface area contributed by atoms with Crippen LogP contribution in [0.4, 0.5) is 0 Å². The molecule has 2 aromatic rings. The highest BCUT2D eigenvalue weighted by atomic mass is 32.2. The second-order valence-corrected chi connectivity index (χ2v) is 9.25. The molecular formula is C21H28N2O5S. The second-order valence-electron chi connectivity index (χ2n) is 7.11. The van der Waals surface area contributed by atoms with Gasteiger partial charge in [0.2, 0.25) is 11.8 Å². The monoisotopic (exact) mass is 420 g/mol. The maximum absolute atomic E-state index is 12.1. The van der Waals surface area contributed by atoms with Gasteiger partial charge in [0, 0.05) is 24.7 Å². The van der Waals surface area contributed by atoms with E-state index in [1.807, 2.05) is 37.3 Å². The zero-order chi connectivity index (χ0) is 21.3. The predicted molar refractivity (Wildman–Crippen MR) is 111 cm³/mol. The summed E-state index contributed by atoms with van der Waals surface area (Å²) in [5.74, 6) is -0.00557. The minimum atomic E-state index is -3.43. The Morgan fingerprint density at radius 2 is 1.86 bits per heavy atom. The molecule has 1 atom stereocenters. The Hall–Kier alpha value is -2.48. The zero-order valence-electron chi connectivity index (χ0n) is 16.9. The number of benzene rings is 1. The minimum Gasteiger partial charge on any atom is -0.438 e. The molecule has 1 heterocycles. The first-order valence-electron chi connectivity index (χ1n) is 9.78. The number of nitrogens with one attached hydrogen (secondary N) is 1. The maximum atomic E-state index is 12.1. The highest BCUT2D eigenvalue weighted by Gasteiger charge is 2.22. The van der Waals surface area contributed by atoms with Gasteiger partial charge >= 0.3 is 0 Å². The number of hydrogen-bond acceptors (Lipinski definition) is 6. The van der Waals surface area contributed by atoms with Gasteiger partial charge in [0.15, 0.2) is 15.6 Å². The molecule has 0 spiro atoms. The van der Waals surface area contributed by atoms with Crippen molar-refractivity contribution in [1.82, 2.24) is 10.3 Å². The number of hydrogen-bond donors (Lipinski definition) is 1. The van der Waals surface area contributed by atoms with Crippen LogP contribution in [0.5, 0.6) is 0 Å². The van der Waals surface area contributed by atoms with Gasteiger partial charge in [-0.15, -0.1) is 0 Å².